The summed E-state index contributed by atoms with van der Waals surface area (Å²) >= 11 is 5.83. The average molecular weight is 443 g/mol. The molecule has 1 heterocycles. The molecule has 1 saturated heterocycles. The lowest BCUT2D eigenvalue weighted by molar-refractivity contribution is -0.185. The molecule has 0 radical (unpaired) electrons. The van der Waals surface area contributed by atoms with Gasteiger partial charge in [0.05, 0.1) is 5.56 Å². The van der Waals surface area contributed by atoms with E-state index in [2.05, 4.69) is 0 Å². The molecule has 0 bridgehead atoms. The van der Waals surface area contributed by atoms with Gasteiger partial charge in [-0.05, 0) is 51.5 Å². The third-order valence-corrected chi connectivity index (χ3v) is 5.40. The van der Waals surface area contributed by atoms with Crippen LogP contribution in [0.4, 0.5) is 17.6 Å². The van der Waals surface area contributed by atoms with Crippen molar-refractivity contribution in [1.82, 2.24) is 0 Å². The number of halogens is 5. The lowest BCUT2D eigenvalue weighted by atomic mass is 9.73. The van der Waals surface area contributed by atoms with Crippen LogP contribution in [0.5, 0.6) is 0 Å². The SMILES string of the molecule is CC1(C)OC(C)(C)C(=O)C(c2c(C(F)(F)F)ccc(-c3ccc(Cl)cc3)c2F)C1=O. The Morgan fingerprint density at radius 3 is 1.87 bits per heavy atom. The van der Waals surface area contributed by atoms with E-state index in [0.717, 1.165) is 6.07 Å². The highest BCUT2D eigenvalue weighted by molar-refractivity contribution is 6.30. The van der Waals surface area contributed by atoms with E-state index in [1.54, 1.807) is 0 Å². The summed E-state index contributed by atoms with van der Waals surface area (Å²) in [6, 6.07) is 7.49. The van der Waals surface area contributed by atoms with Crippen molar-refractivity contribution in [3.05, 3.63) is 58.4 Å². The minimum absolute atomic E-state index is 0.169. The van der Waals surface area contributed by atoms with Crippen LogP contribution in [0.2, 0.25) is 5.02 Å². The first-order valence-corrected chi connectivity index (χ1v) is 9.49. The Bertz CT molecular complexity index is 998. The van der Waals surface area contributed by atoms with Crippen molar-refractivity contribution in [2.75, 3.05) is 0 Å². The summed E-state index contributed by atoms with van der Waals surface area (Å²) in [6.45, 7) is 5.41. The maximum atomic E-state index is 15.6. The minimum Gasteiger partial charge on any atom is -0.354 e. The Morgan fingerprint density at radius 2 is 1.40 bits per heavy atom. The molecule has 0 aromatic heterocycles. The summed E-state index contributed by atoms with van der Waals surface area (Å²) in [7, 11) is 0. The number of ketones is 2. The number of carbonyl (C=O) groups is 2. The van der Waals surface area contributed by atoms with E-state index in [1.165, 1.54) is 52.0 Å². The highest BCUT2D eigenvalue weighted by atomic mass is 35.5. The molecule has 2 aromatic rings. The molecule has 1 fully saturated rings. The number of alkyl halides is 3. The monoisotopic (exact) mass is 442 g/mol. The zero-order valence-electron chi connectivity index (χ0n) is 16.7. The molecule has 3 rings (SSSR count). The molecule has 0 unspecified atom stereocenters. The second-order valence-corrected chi connectivity index (χ2v) is 8.61. The van der Waals surface area contributed by atoms with Crippen LogP contribution in [0.25, 0.3) is 11.1 Å². The molecule has 0 spiro atoms. The van der Waals surface area contributed by atoms with Gasteiger partial charge in [0, 0.05) is 16.1 Å². The van der Waals surface area contributed by atoms with Gasteiger partial charge in [-0.2, -0.15) is 13.2 Å². The minimum atomic E-state index is -4.97. The lowest BCUT2D eigenvalue weighted by Gasteiger charge is -2.43. The van der Waals surface area contributed by atoms with Crippen molar-refractivity contribution >= 4 is 23.2 Å². The van der Waals surface area contributed by atoms with Crippen LogP contribution in [0.1, 0.15) is 44.7 Å². The van der Waals surface area contributed by atoms with Crippen LogP contribution in [0, 0.1) is 5.82 Å². The smallest absolute Gasteiger partial charge is 0.354 e. The Hall–Kier alpha value is -2.25. The molecule has 0 N–H and O–H groups in total. The first kappa shape index (κ1) is 22.4. The van der Waals surface area contributed by atoms with E-state index >= 15 is 4.39 Å². The zero-order chi connectivity index (χ0) is 22.6. The van der Waals surface area contributed by atoms with E-state index in [1.807, 2.05) is 0 Å². The largest absolute Gasteiger partial charge is 0.416 e. The van der Waals surface area contributed by atoms with Crippen molar-refractivity contribution in [3.8, 4) is 11.1 Å². The molecule has 2 aromatic carbocycles. The van der Waals surface area contributed by atoms with Crippen LogP contribution in [-0.2, 0) is 20.5 Å². The first-order chi connectivity index (χ1) is 13.7. The van der Waals surface area contributed by atoms with Gasteiger partial charge in [-0.25, -0.2) is 4.39 Å². The summed E-state index contributed by atoms with van der Waals surface area (Å²) in [5.41, 5.74) is -5.40. The van der Waals surface area contributed by atoms with E-state index in [9.17, 15) is 22.8 Å². The summed E-state index contributed by atoms with van der Waals surface area (Å²) in [5, 5.41) is 0.365. The van der Waals surface area contributed by atoms with Gasteiger partial charge in [0.25, 0.3) is 0 Å². The molecule has 0 atom stereocenters. The number of rotatable bonds is 2. The average Bonchev–Trinajstić information content (AvgIpc) is 2.61. The van der Waals surface area contributed by atoms with Crippen LogP contribution >= 0.6 is 11.6 Å². The third kappa shape index (κ3) is 3.76. The molecule has 160 valence electrons. The molecule has 0 aliphatic carbocycles. The molecule has 30 heavy (non-hydrogen) atoms. The van der Waals surface area contributed by atoms with Crippen molar-refractivity contribution in [2.24, 2.45) is 0 Å². The third-order valence-electron chi connectivity index (χ3n) is 5.15. The van der Waals surface area contributed by atoms with E-state index in [-0.39, 0.29) is 11.1 Å². The highest BCUT2D eigenvalue weighted by Gasteiger charge is 2.55. The predicted octanol–water partition coefficient (Wildman–Crippen LogP) is 5.97. The van der Waals surface area contributed by atoms with Crippen LogP contribution in [-0.4, -0.2) is 22.8 Å². The maximum Gasteiger partial charge on any atom is 0.416 e. The summed E-state index contributed by atoms with van der Waals surface area (Å²) in [5.74, 6) is -5.08. The summed E-state index contributed by atoms with van der Waals surface area (Å²) in [6.07, 6.45) is -4.97. The first-order valence-electron chi connectivity index (χ1n) is 9.11. The predicted molar refractivity (Wildman–Crippen MR) is 104 cm³/mol. The molecular weight excluding hydrogens is 424 g/mol. The fraction of sp³-hybridized carbons (Fsp3) is 0.364. The van der Waals surface area contributed by atoms with Gasteiger partial charge < -0.3 is 4.74 Å². The van der Waals surface area contributed by atoms with Gasteiger partial charge in [0.1, 0.15) is 22.9 Å². The lowest BCUT2D eigenvalue weighted by Crippen LogP contribution is -2.58. The Kier molecular flexibility index (Phi) is 5.36. The van der Waals surface area contributed by atoms with Crippen molar-refractivity contribution < 1.29 is 31.9 Å². The number of hydrogen-bond donors (Lipinski definition) is 0. The summed E-state index contributed by atoms with van der Waals surface area (Å²) in [4.78, 5) is 25.9. The highest BCUT2D eigenvalue weighted by Crippen LogP contribution is 2.45. The van der Waals surface area contributed by atoms with E-state index in [4.69, 9.17) is 16.3 Å². The summed E-state index contributed by atoms with van der Waals surface area (Å²) < 4.78 is 62.4. The fourth-order valence-electron chi connectivity index (χ4n) is 3.79. The van der Waals surface area contributed by atoms with Crippen molar-refractivity contribution in [1.29, 1.82) is 0 Å². The molecule has 1 aliphatic heterocycles. The van der Waals surface area contributed by atoms with Gasteiger partial charge in [-0.15, -0.1) is 0 Å². The standard InChI is InChI=1S/C22H19ClF4O3/c1-20(2)18(28)16(19(29)21(3,4)30-20)15-14(22(25,26)27)10-9-13(17(15)24)11-5-7-12(23)8-6-11/h5-10,16H,1-4H3. The fourth-order valence-corrected chi connectivity index (χ4v) is 3.92. The second-order valence-electron chi connectivity index (χ2n) is 8.18. The van der Waals surface area contributed by atoms with Crippen LogP contribution in [0.3, 0.4) is 0 Å². The van der Waals surface area contributed by atoms with E-state index < -0.39 is 51.8 Å². The number of benzene rings is 2. The van der Waals surface area contributed by atoms with Gasteiger partial charge in [-0.1, -0.05) is 29.8 Å². The second kappa shape index (κ2) is 7.17. The van der Waals surface area contributed by atoms with E-state index in [0.29, 0.717) is 11.1 Å². The Labute approximate surface area is 176 Å². The number of ether oxygens (including phenoxy) is 1. The molecule has 1 aliphatic rings. The number of Topliss-reactive ketones (excluding diaryl/α,β-unsaturated/α-hetero) is 2. The number of hydrogen-bond acceptors (Lipinski definition) is 3. The normalized spacial score (nSPS) is 19.2. The van der Waals surface area contributed by atoms with Crippen molar-refractivity contribution in [2.45, 2.75) is 51.0 Å². The maximum absolute atomic E-state index is 15.6. The molecule has 3 nitrogen and oxygen atoms in total. The van der Waals surface area contributed by atoms with Crippen LogP contribution < -0.4 is 0 Å². The quantitative estimate of drug-likeness (QED) is 0.425. The Balaban J connectivity index is 2.33. The molecule has 0 saturated carbocycles. The molecular formula is C22H19ClF4O3. The number of carbonyl (C=O) groups excluding carboxylic acids is 2. The van der Waals surface area contributed by atoms with Crippen molar-refractivity contribution in [3.63, 3.8) is 0 Å². The van der Waals surface area contributed by atoms with Gasteiger partial charge in [-0.3, -0.25) is 9.59 Å². The molecule has 0 amide bonds. The topological polar surface area (TPSA) is 43.4 Å². The van der Waals surface area contributed by atoms with Gasteiger partial charge >= 0.3 is 6.18 Å². The van der Waals surface area contributed by atoms with Gasteiger partial charge in [0.15, 0.2) is 11.6 Å². The zero-order valence-corrected chi connectivity index (χ0v) is 17.4. The van der Waals surface area contributed by atoms with Gasteiger partial charge in [0.2, 0.25) is 0 Å². The Morgan fingerprint density at radius 1 is 0.900 bits per heavy atom. The van der Waals surface area contributed by atoms with Crippen LogP contribution in [0.15, 0.2) is 36.4 Å². The molecule has 8 heteroatoms.